The molecule has 0 radical (unpaired) electrons. The van der Waals surface area contributed by atoms with Crippen molar-refractivity contribution in [1.82, 2.24) is 0 Å². The van der Waals surface area contributed by atoms with E-state index in [4.69, 9.17) is 27.9 Å². The minimum atomic E-state index is -0.232. The average Bonchev–Trinajstić information content (AvgIpc) is 2.15. The second-order valence-electron chi connectivity index (χ2n) is 2.52. The predicted molar refractivity (Wildman–Crippen MR) is 65.8 cm³/mol. The van der Waals surface area contributed by atoms with Crippen LogP contribution in [0.3, 0.4) is 0 Å². The van der Waals surface area contributed by atoms with Crippen molar-refractivity contribution in [3.05, 3.63) is 26.3 Å². The zero-order valence-electron chi connectivity index (χ0n) is 7.31. The minimum Gasteiger partial charge on any atom is -0.496 e. The molecular formula is C9H7Cl2IO2. The van der Waals surface area contributed by atoms with Gasteiger partial charge in [0.05, 0.1) is 23.6 Å². The zero-order valence-corrected chi connectivity index (χ0v) is 11.0. The molecule has 76 valence electrons. The third-order valence-corrected chi connectivity index (χ3v) is 2.80. The van der Waals surface area contributed by atoms with Crippen molar-refractivity contribution in [2.45, 2.75) is 0 Å². The third-order valence-electron chi connectivity index (χ3n) is 1.64. The number of halogens is 3. The largest absolute Gasteiger partial charge is 0.496 e. The first-order chi connectivity index (χ1) is 6.60. The van der Waals surface area contributed by atoms with Crippen molar-refractivity contribution in [2.24, 2.45) is 0 Å². The lowest BCUT2D eigenvalue weighted by molar-refractivity contribution is 0.101. The Morgan fingerprint density at radius 3 is 2.71 bits per heavy atom. The van der Waals surface area contributed by atoms with Crippen molar-refractivity contribution in [3.63, 3.8) is 0 Å². The van der Waals surface area contributed by atoms with Gasteiger partial charge in [0.2, 0.25) is 0 Å². The van der Waals surface area contributed by atoms with Crippen molar-refractivity contribution in [1.29, 1.82) is 0 Å². The number of ether oxygens (including phenoxy) is 1. The highest BCUT2D eigenvalue weighted by Gasteiger charge is 2.16. The highest BCUT2D eigenvalue weighted by molar-refractivity contribution is 14.1. The maximum absolute atomic E-state index is 11.4. The number of benzene rings is 1. The molecule has 2 nitrogen and oxygen atoms in total. The van der Waals surface area contributed by atoms with Crippen molar-refractivity contribution in [3.8, 4) is 5.75 Å². The number of carbonyl (C=O) groups is 1. The third kappa shape index (κ3) is 2.52. The van der Waals surface area contributed by atoms with Gasteiger partial charge in [-0.3, -0.25) is 4.79 Å². The molecule has 14 heavy (non-hydrogen) atoms. The fourth-order valence-corrected chi connectivity index (χ4v) is 2.28. The van der Waals surface area contributed by atoms with Gasteiger partial charge in [-0.05, 0) is 34.7 Å². The molecule has 0 saturated heterocycles. The van der Waals surface area contributed by atoms with E-state index in [-0.39, 0.29) is 11.7 Å². The Kier molecular flexibility index (Phi) is 4.47. The average molecular weight is 345 g/mol. The topological polar surface area (TPSA) is 26.3 Å². The van der Waals surface area contributed by atoms with E-state index in [1.165, 1.54) is 7.11 Å². The van der Waals surface area contributed by atoms with Crippen LogP contribution in [0.2, 0.25) is 5.02 Å². The smallest absolute Gasteiger partial charge is 0.182 e. The molecule has 0 N–H and O–H groups in total. The van der Waals surface area contributed by atoms with Crippen molar-refractivity contribution in [2.75, 3.05) is 13.0 Å². The van der Waals surface area contributed by atoms with E-state index in [9.17, 15) is 4.79 Å². The van der Waals surface area contributed by atoms with Crippen molar-refractivity contribution >= 4 is 51.6 Å². The highest BCUT2D eigenvalue weighted by atomic mass is 127. The molecule has 0 heterocycles. The lowest BCUT2D eigenvalue weighted by Gasteiger charge is -2.08. The van der Waals surface area contributed by atoms with Gasteiger partial charge < -0.3 is 4.74 Å². The van der Waals surface area contributed by atoms with Gasteiger partial charge in [0.1, 0.15) is 5.75 Å². The summed E-state index contributed by atoms with van der Waals surface area (Å²) in [7, 11) is 1.49. The fraction of sp³-hybridized carbons (Fsp3) is 0.222. The van der Waals surface area contributed by atoms with E-state index in [1.807, 2.05) is 0 Å². The monoisotopic (exact) mass is 344 g/mol. The summed E-state index contributed by atoms with van der Waals surface area (Å²) in [6.07, 6.45) is 0. The number of Topliss-reactive ketones (excluding diaryl/α,β-unsaturated/α-hetero) is 1. The lowest BCUT2D eigenvalue weighted by atomic mass is 10.1. The van der Waals surface area contributed by atoms with Crippen LogP contribution in [0.15, 0.2) is 12.1 Å². The molecule has 0 aliphatic rings. The number of hydrogen-bond acceptors (Lipinski definition) is 2. The Morgan fingerprint density at radius 1 is 1.57 bits per heavy atom. The summed E-state index contributed by atoms with van der Waals surface area (Å²) >= 11 is 13.5. The second-order valence-corrected chi connectivity index (χ2v) is 4.44. The summed E-state index contributed by atoms with van der Waals surface area (Å²) in [6, 6.07) is 3.44. The Bertz CT molecular complexity index is 366. The zero-order chi connectivity index (χ0) is 10.7. The van der Waals surface area contributed by atoms with Gasteiger partial charge >= 0.3 is 0 Å². The molecule has 0 amide bonds. The number of carbonyl (C=O) groups excluding carboxylic acids is 1. The van der Waals surface area contributed by atoms with Crippen LogP contribution < -0.4 is 4.74 Å². The summed E-state index contributed by atoms with van der Waals surface area (Å²) in [4.78, 5) is 11.4. The van der Waals surface area contributed by atoms with Gasteiger partial charge in [0.25, 0.3) is 0 Å². The Hall–Kier alpha value is -0.000000000000000167. The SMILES string of the molecule is COc1cc(I)cc(Cl)c1C(=O)CCl. The van der Waals surface area contributed by atoms with Crippen LogP contribution in [0.5, 0.6) is 5.75 Å². The number of alkyl halides is 1. The molecule has 0 aromatic heterocycles. The molecule has 1 rings (SSSR count). The first-order valence-electron chi connectivity index (χ1n) is 3.72. The predicted octanol–water partition coefficient (Wildman–Crippen LogP) is 3.37. The van der Waals surface area contributed by atoms with Crippen LogP contribution in [-0.2, 0) is 0 Å². The summed E-state index contributed by atoms with van der Waals surface area (Å²) < 4.78 is 5.97. The number of hydrogen-bond donors (Lipinski definition) is 0. The van der Waals surface area contributed by atoms with Gasteiger partial charge in [-0.25, -0.2) is 0 Å². The maximum atomic E-state index is 11.4. The molecule has 0 aliphatic heterocycles. The van der Waals surface area contributed by atoms with Crippen LogP contribution in [0, 0.1) is 3.57 Å². The second kappa shape index (κ2) is 5.19. The van der Waals surface area contributed by atoms with Gasteiger partial charge in [-0.15, -0.1) is 11.6 Å². The molecule has 0 bridgehead atoms. The molecule has 0 unspecified atom stereocenters. The normalized spacial score (nSPS) is 10.0. The van der Waals surface area contributed by atoms with E-state index < -0.39 is 0 Å². The lowest BCUT2D eigenvalue weighted by Crippen LogP contribution is -2.04. The molecule has 0 aliphatic carbocycles. The quantitative estimate of drug-likeness (QED) is 0.477. The summed E-state index contributed by atoms with van der Waals surface area (Å²) in [5, 5.41) is 0.374. The first kappa shape index (κ1) is 12.1. The van der Waals surface area contributed by atoms with Gasteiger partial charge in [-0.1, -0.05) is 11.6 Å². The Labute approximate surface area is 106 Å². The molecule has 0 saturated carbocycles. The molecule has 0 fully saturated rings. The van der Waals surface area contributed by atoms with Crippen LogP contribution in [0.1, 0.15) is 10.4 Å². The number of methoxy groups -OCH3 is 1. The van der Waals surface area contributed by atoms with Crippen LogP contribution in [0.4, 0.5) is 0 Å². The first-order valence-corrected chi connectivity index (χ1v) is 5.71. The Morgan fingerprint density at radius 2 is 2.21 bits per heavy atom. The molecule has 1 aromatic carbocycles. The van der Waals surface area contributed by atoms with E-state index in [1.54, 1.807) is 12.1 Å². The van der Waals surface area contributed by atoms with Gasteiger partial charge in [0, 0.05) is 3.57 Å². The van der Waals surface area contributed by atoms with Gasteiger partial charge in [-0.2, -0.15) is 0 Å². The minimum absolute atomic E-state index is 0.101. The molecule has 0 atom stereocenters. The number of rotatable bonds is 3. The molecule has 0 spiro atoms. The molecule has 1 aromatic rings. The van der Waals surface area contributed by atoms with Crippen LogP contribution in [0.25, 0.3) is 0 Å². The molecular weight excluding hydrogens is 338 g/mol. The van der Waals surface area contributed by atoms with Crippen LogP contribution in [-0.4, -0.2) is 18.8 Å². The van der Waals surface area contributed by atoms with E-state index in [0.29, 0.717) is 16.3 Å². The summed E-state index contributed by atoms with van der Waals surface area (Å²) in [5.41, 5.74) is 0.351. The summed E-state index contributed by atoms with van der Waals surface area (Å²) in [5.74, 6) is 0.133. The fourth-order valence-electron chi connectivity index (χ4n) is 1.05. The van der Waals surface area contributed by atoms with Crippen LogP contribution >= 0.6 is 45.8 Å². The highest BCUT2D eigenvalue weighted by Crippen LogP contribution is 2.29. The summed E-state index contributed by atoms with van der Waals surface area (Å²) in [6.45, 7) is 0. The van der Waals surface area contributed by atoms with E-state index >= 15 is 0 Å². The van der Waals surface area contributed by atoms with Crippen molar-refractivity contribution < 1.29 is 9.53 Å². The van der Waals surface area contributed by atoms with E-state index in [0.717, 1.165) is 3.57 Å². The van der Waals surface area contributed by atoms with E-state index in [2.05, 4.69) is 22.6 Å². The Balaban J connectivity index is 3.32. The maximum Gasteiger partial charge on any atom is 0.182 e. The molecule has 5 heteroatoms. The standard InChI is InChI=1S/C9H7Cl2IO2/c1-14-8-3-5(12)2-6(11)9(8)7(13)4-10/h2-3H,4H2,1H3. The van der Waals surface area contributed by atoms with Gasteiger partial charge in [0.15, 0.2) is 5.78 Å². The number of ketones is 1.